The van der Waals surface area contributed by atoms with Crippen molar-refractivity contribution in [1.82, 2.24) is 15.0 Å². The van der Waals surface area contributed by atoms with Gasteiger partial charge in [-0.25, -0.2) is 0 Å². The third-order valence-corrected chi connectivity index (χ3v) is 7.45. The van der Waals surface area contributed by atoms with Crippen LogP contribution in [0.25, 0.3) is 11.3 Å². The van der Waals surface area contributed by atoms with E-state index in [2.05, 4.69) is 24.2 Å². The Morgan fingerprint density at radius 3 is 2.58 bits per heavy atom. The fourth-order valence-corrected chi connectivity index (χ4v) is 5.59. The molecule has 1 atom stereocenters. The number of hydrogen-bond donors (Lipinski definition) is 0. The van der Waals surface area contributed by atoms with Crippen LogP contribution in [0, 0.1) is 18.3 Å². The van der Waals surface area contributed by atoms with Gasteiger partial charge >= 0.3 is 0 Å². The van der Waals surface area contributed by atoms with Gasteiger partial charge in [0, 0.05) is 51.7 Å². The molecule has 1 aromatic carbocycles. The van der Waals surface area contributed by atoms with Crippen LogP contribution < -0.4 is 0 Å². The van der Waals surface area contributed by atoms with Crippen LogP contribution in [0.3, 0.4) is 0 Å². The normalized spacial score (nSPS) is 21.4. The summed E-state index contributed by atoms with van der Waals surface area (Å²) in [6, 6.07) is 10.1. The van der Waals surface area contributed by atoms with Gasteiger partial charge in [-0.15, -0.1) is 0 Å². The maximum Gasteiger partial charge on any atom is 0.230 e. The molecule has 6 nitrogen and oxygen atoms in total. The molecular formula is C27H37N3O3. The molecule has 0 bridgehead atoms. The molecule has 1 aliphatic heterocycles. The van der Waals surface area contributed by atoms with Crippen molar-refractivity contribution in [2.45, 2.75) is 64.7 Å². The first-order valence-electron chi connectivity index (χ1n) is 12.4. The van der Waals surface area contributed by atoms with Crippen molar-refractivity contribution < 1.29 is 14.1 Å². The summed E-state index contributed by atoms with van der Waals surface area (Å²) in [5.74, 6) is 1.64. The Labute approximate surface area is 197 Å². The second kappa shape index (κ2) is 10.1. The summed E-state index contributed by atoms with van der Waals surface area (Å²) in [6.45, 7) is 3.24. The van der Waals surface area contributed by atoms with Crippen molar-refractivity contribution in [3.05, 3.63) is 41.7 Å². The zero-order chi connectivity index (χ0) is 23.4. The second-order valence-corrected chi connectivity index (χ2v) is 10.3. The number of benzene rings is 1. The van der Waals surface area contributed by atoms with Gasteiger partial charge in [0.1, 0.15) is 11.5 Å². The molecule has 2 aliphatic rings. The van der Waals surface area contributed by atoms with Crippen LogP contribution in [0.1, 0.15) is 62.7 Å². The van der Waals surface area contributed by atoms with Crippen molar-refractivity contribution in [3.63, 3.8) is 0 Å². The van der Waals surface area contributed by atoms with Crippen LogP contribution in [0.5, 0.6) is 0 Å². The lowest BCUT2D eigenvalue weighted by Gasteiger charge is -2.42. The monoisotopic (exact) mass is 451 g/mol. The van der Waals surface area contributed by atoms with Crippen LogP contribution in [0.15, 0.2) is 34.9 Å². The Hall–Kier alpha value is -2.63. The largest absolute Gasteiger partial charge is 0.361 e. The minimum atomic E-state index is -0.672. The molecule has 2 heterocycles. The zero-order valence-corrected chi connectivity index (χ0v) is 20.3. The Kier molecular flexibility index (Phi) is 7.20. The smallest absolute Gasteiger partial charge is 0.230 e. The highest BCUT2D eigenvalue weighted by Crippen LogP contribution is 2.37. The average Bonchev–Trinajstić information content (AvgIpc) is 3.50. The highest BCUT2D eigenvalue weighted by atomic mass is 16.5. The first kappa shape index (κ1) is 23.5. The van der Waals surface area contributed by atoms with E-state index in [4.69, 9.17) is 4.52 Å². The van der Waals surface area contributed by atoms with E-state index in [1.165, 1.54) is 31.2 Å². The quantitative estimate of drug-likeness (QED) is 0.603. The van der Waals surface area contributed by atoms with Gasteiger partial charge in [0.05, 0.1) is 5.41 Å². The van der Waals surface area contributed by atoms with Gasteiger partial charge in [-0.3, -0.25) is 9.59 Å². The van der Waals surface area contributed by atoms with Gasteiger partial charge in [-0.1, -0.05) is 60.7 Å². The SMILES string of the molecule is Cc1ccc(-c2cc(CC3(C(=O)N(C)C)CCCN(C(=O)CCC4CCCC4)C3)on2)cc1. The number of rotatable bonds is 7. The lowest BCUT2D eigenvalue weighted by Crippen LogP contribution is -2.54. The van der Waals surface area contributed by atoms with E-state index in [0.717, 1.165) is 37.1 Å². The van der Waals surface area contributed by atoms with Crippen LogP contribution in [0.2, 0.25) is 0 Å². The molecule has 4 rings (SSSR count). The molecule has 1 aromatic heterocycles. The fraction of sp³-hybridized carbons (Fsp3) is 0.593. The zero-order valence-electron chi connectivity index (χ0n) is 20.3. The molecule has 1 saturated heterocycles. The summed E-state index contributed by atoms with van der Waals surface area (Å²) in [6.07, 6.45) is 8.70. The summed E-state index contributed by atoms with van der Waals surface area (Å²) >= 11 is 0. The lowest BCUT2D eigenvalue weighted by molar-refractivity contribution is -0.147. The van der Waals surface area contributed by atoms with E-state index >= 15 is 0 Å². The second-order valence-electron chi connectivity index (χ2n) is 10.3. The fourth-order valence-electron chi connectivity index (χ4n) is 5.59. The van der Waals surface area contributed by atoms with E-state index < -0.39 is 5.41 Å². The molecule has 0 N–H and O–H groups in total. The van der Waals surface area contributed by atoms with Gasteiger partial charge in [-0.2, -0.15) is 0 Å². The standard InChI is InChI=1S/C27H37N3O3/c1-20-9-12-22(13-10-20)24-17-23(33-28-24)18-27(26(32)29(2)3)15-6-16-30(19-27)25(31)14-11-21-7-4-5-8-21/h9-10,12-13,17,21H,4-8,11,14-16,18-19H2,1-3H3. The molecule has 1 saturated carbocycles. The number of nitrogens with zero attached hydrogens (tertiary/aromatic N) is 3. The van der Waals surface area contributed by atoms with E-state index in [9.17, 15) is 9.59 Å². The molecule has 33 heavy (non-hydrogen) atoms. The summed E-state index contributed by atoms with van der Waals surface area (Å²) in [5, 5.41) is 4.26. The van der Waals surface area contributed by atoms with Gasteiger partial charge in [0.25, 0.3) is 0 Å². The number of piperidine rings is 1. The van der Waals surface area contributed by atoms with Crippen LogP contribution in [-0.4, -0.2) is 54.0 Å². The highest BCUT2D eigenvalue weighted by Gasteiger charge is 2.45. The third-order valence-electron chi connectivity index (χ3n) is 7.45. The molecule has 1 unspecified atom stereocenters. The Balaban J connectivity index is 1.49. The molecule has 6 heteroatoms. The van der Waals surface area contributed by atoms with E-state index in [0.29, 0.717) is 31.1 Å². The van der Waals surface area contributed by atoms with E-state index in [1.54, 1.807) is 19.0 Å². The molecule has 2 amide bonds. The van der Waals surface area contributed by atoms with Gasteiger partial charge < -0.3 is 14.3 Å². The molecule has 0 radical (unpaired) electrons. The van der Waals surface area contributed by atoms with Crippen LogP contribution in [0.4, 0.5) is 0 Å². The van der Waals surface area contributed by atoms with Crippen molar-refractivity contribution in [1.29, 1.82) is 0 Å². The molecule has 2 aromatic rings. The van der Waals surface area contributed by atoms with Crippen molar-refractivity contribution in [2.24, 2.45) is 11.3 Å². The summed E-state index contributed by atoms with van der Waals surface area (Å²) in [5.41, 5.74) is 2.29. The topological polar surface area (TPSA) is 66.7 Å². The van der Waals surface area contributed by atoms with Crippen molar-refractivity contribution >= 4 is 11.8 Å². The predicted molar refractivity (Wildman–Crippen MR) is 129 cm³/mol. The van der Waals surface area contributed by atoms with E-state index in [1.807, 2.05) is 23.1 Å². The Morgan fingerprint density at radius 2 is 1.88 bits per heavy atom. The van der Waals surface area contributed by atoms with E-state index in [-0.39, 0.29) is 11.8 Å². The Bertz CT molecular complexity index is 959. The molecule has 0 spiro atoms. The number of aryl methyl sites for hydroxylation is 1. The minimum absolute atomic E-state index is 0.0593. The maximum absolute atomic E-state index is 13.4. The number of amides is 2. The van der Waals surface area contributed by atoms with Crippen molar-refractivity contribution in [3.8, 4) is 11.3 Å². The average molecular weight is 452 g/mol. The van der Waals surface area contributed by atoms with Gasteiger partial charge in [-0.05, 0) is 32.1 Å². The minimum Gasteiger partial charge on any atom is -0.361 e. The molecule has 178 valence electrons. The van der Waals surface area contributed by atoms with Crippen molar-refractivity contribution in [2.75, 3.05) is 27.2 Å². The lowest BCUT2D eigenvalue weighted by atomic mass is 9.75. The number of hydrogen-bond acceptors (Lipinski definition) is 4. The third kappa shape index (κ3) is 5.48. The van der Waals surface area contributed by atoms with Crippen LogP contribution >= 0.6 is 0 Å². The predicted octanol–water partition coefficient (Wildman–Crippen LogP) is 4.86. The van der Waals surface area contributed by atoms with Crippen LogP contribution in [-0.2, 0) is 16.0 Å². The molecule has 2 fully saturated rings. The maximum atomic E-state index is 13.4. The summed E-state index contributed by atoms with van der Waals surface area (Å²) in [7, 11) is 3.59. The number of carbonyl (C=O) groups is 2. The highest BCUT2D eigenvalue weighted by molar-refractivity contribution is 5.84. The first-order valence-corrected chi connectivity index (χ1v) is 12.4. The van der Waals surface area contributed by atoms with Gasteiger partial charge in [0.15, 0.2) is 0 Å². The first-order chi connectivity index (χ1) is 15.9. The Morgan fingerprint density at radius 1 is 1.15 bits per heavy atom. The number of aromatic nitrogens is 1. The molecular weight excluding hydrogens is 414 g/mol. The number of likely N-dealkylation sites (tertiary alicyclic amines) is 1. The number of carbonyl (C=O) groups excluding carboxylic acids is 2. The molecule has 1 aliphatic carbocycles. The summed E-state index contributed by atoms with van der Waals surface area (Å²) in [4.78, 5) is 30.1. The summed E-state index contributed by atoms with van der Waals surface area (Å²) < 4.78 is 5.69. The van der Waals surface area contributed by atoms with Gasteiger partial charge in [0.2, 0.25) is 11.8 Å².